The van der Waals surface area contributed by atoms with Gasteiger partial charge in [-0.05, 0) is 45.2 Å². The number of halogens is 1. The number of guanidine groups is 1. The fraction of sp³-hybridized carbons (Fsp3) is 0.455. The van der Waals surface area contributed by atoms with Gasteiger partial charge in [-0.25, -0.2) is 9.78 Å². The van der Waals surface area contributed by atoms with Crippen LogP contribution in [0.15, 0.2) is 29.3 Å². The summed E-state index contributed by atoms with van der Waals surface area (Å²) in [5.41, 5.74) is 2.84. The molecule has 0 spiro atoms. The summed E-state index contributed by atoms with van der Waals surface area (Å²) in [5, 5.41) is 7.08. The first kappa shape index (κ1) is 26.0. The molecule has 1 aromatic carbocycles. The highest BCUT2D eigenvalue weighted by molar-refractivity contribution is 14.0. The monoisotopic (exact) mass is 571 g/mol. The van der Waals surface area contributed by atoms with E-state index in [0.29, 0.717) is 23.1 Å². The summed E-state index contributed by atoms with van der Waals surface area (Å²) in [7, 11) is 1.65. The summed E-state index contributed by atoms with van der Waals surface area (Å²) in [6.07, 6.45) is 1.95. The molecule has 1 aliphatic rings. The minimum atomic E-state index is -0.356. The molecule has 0 saturated carbocycles. The van der Waals surface area contributed by atoms with Gasteiger partial charge in [0.1, 0.15) is 9.88 Å². The van der Waals surface area contributed by atoms with Crippen molar-refractivity contribution in [3.05, 3.63) is 45.4 Å². The Balaban J connectivity index is 0.00000363. The molecule has 174 valence electrons. The Bertz CT molecular complexity index is 978. The lowest BCUT2D eigenvalue weighted by molar-refractivity contribution is -0.117. The highest BCUT2D eigenvalue weighted by Gasteiger charge is 2.23. The number of aliphatic imine (C=N–C) groups is 1. The predicted molar refractivity (Wildman–Crippen MR) is 138 cm³/mol. The molecule has 2 aromatic rings. The van der Waals surface area contributed by atoms with E-state index >= 15 is 0 Å². The Hall–Kier alpha value is -2.21. The number of aromatic nitrogens is 1. The molecule has 0 radical (unpaired) electrons. The molecule has 8 nitrogen and oxygen atoms in total. The van der Waals surface area contributed by atoms with E-state index in [-0.39, 0.29) is 48.4 Å². The number of aryl methyl sites for hydroxylation is 2. The molecule has 0 aliphatic carbocycles. The molecule has 1 aliphatic heterocycles. The molecule has 32 heavy (non-hydrogen) atoms. The minimum Gasteiger partial charge on any atom is -0.462 e. The Morgan fingerprint density at radius 2 is 2.09 bits per heavy atom. The van der Waals surface area contributed by atoms with Gasteiger partial charge in [0.25, 0.3) is 0 Å². The van der Waals surface area contributed by atoms with Gasteiger partial charge in [-0.15, -0.1) is 35.3 Å². The number of rotatable bonds is 6. The van der Waals surface area contributed by atoms with E-state index in [4.69, 9.17) is 4.74 Å². The summed E-state index contributed by atoms with van der Waals surface area (Å²) in [4.78, 5) is 35.9. The van der Waals surface area contributed by atoms with Gasteiger partial charge in [0, 0.05) is 19.3 Å². The van der Waals surface area contributed by atoms with Gasteiger partial charge in [-0.2, -0.15) is 0 Å². The number of esters is 1. The van der Waals surface area contributed by atoms with Gasteiger partial charge in [0.2, 0.25) is 5.91 Å². The van der Waals surface area contributed by atoms with E-state index in [9.17, 15) is 9.59 Å². The molecular weight excluding hydrogens is 541 g/mol. The second-order valence-electron chi connectivity index (χ2n) is 7.26. The second-order valence-corrected chi connectivity index (χ2v) is 8.29. The standard InChI is InChI=1S/C22H29N5O3S.HI/c1-5-30-21(29)19-14(2)25-20(31-19)15(3)26-22(23-4)24-13-18(28)27-12-8-10-16-9-6-7-11-17(16)27;/h6-7,9,11,15H,5,8,10,12-13H2,1-4H3,(H2,23,24,26);1H. The quantitative estimate of drug-likeness (QED) is 0.239. The van der Waals surface area contributed by atoms with E-state index in [1.807, 2.05) is 30.0 Å². The van der Waals surface area contributed by atoms with Crippen molar-refractivity contribution in [3.63, 3.8) is 0 Å². The third kappa shape index (κ3) is 6.18. The van der Waals surface area contributed by atoms with Crippen molar-refractivity contribution in [2.45, 2.75) is 39.7 Å². The number of hydrogen-bond acceptors (Lipinski definition) is 6. The van der Waals surface area contributed by atoms with Gasteiger partial charge < -0.3 is 20.3 Å². The summed E-state index contributed by atoms with van der Waals surface area (Å²) >= 11 is 1.30. The van der Waals surface area contributed by atoms with Crippen molar-refractivity contribution >= 4 is 58.8 Å². The Morgan fingerprint density at radius 3 is 2.81 bits per heavy atom. The lowest BCUT2D eigenvalue weighted by Crippen LogP contribution is -2.46. The van der Waals surface area contributed by atoms with Gasteiger partial charge in [-0.3, -0.25) is 9.79 Å². The van der Waals surface area contributed by atoms with Gasteiger partial charge in [0.15, 0.2) is 5.96 Å². The van der Waals surface area contributed by atoms with Crippen LogP contribution in [0, 0.1) is 6.92 Å². The van der Waals surface area contributed by atoms with Gasteiger partial charge in [0.05, 0.1) is 24.9 Å². The van der Waals surface area contributed by atoms with Crippen LogP contribution in [-0.2, 0) is 16.0 Å². The molecule has 1 atom stereocenters. The normalized spacial score (nSPS) is 14.1. The van der Waals surface area contributed by atoms with Crippen molar-refractivity contribution in [3.8, 4) is 0 Å². The first-order chi connectivity index (χ1) is 14.9. The molecule has 1 aromatic heterocycles. The molecule has 1 amide bonds. The highest BCUT2D eigenvalue weighted by atomic mass is 127. The SMILES string of the molecule is CCOC(=O)c1sc(C(C)NC(=NC)NCC(=O)N2CCCc3ccccc32)nc1C.I. The number of fused-ring (bicyclic) bond motifs is 1. The largest absolute Gasteiger partial charge is 0.462 e. The maximum absolute atomic E-state index is 12.8. The van der Waals surface area contributed by atoms with Crippen LogP contribution >= 0.6 is 35.3 Å². The number of thiazole rings is 1. The average Bonchev–Trinajstić information content (AvgIpc) is 3.18. The fourth-order valence-electron chi connectivity index (χ4n) is 3.50. The number of benzene rings is 1. The molecule has 2 N–H and O–H groups in total. The number of carbonyl (C=O) groups excluding carboxylic acids is 2. The molecule has 1 unspecified atom stereocenters. The van der Waals surface area contributed by atoms with Crippen LogP contribution in [0.25, 0.3) is 0 Å². The van der Waals surface area contributed by atoms with E-state index in [2.05, 4.69) is 26.7 Å². The third-order valence-electron chi connectivity index (χ3n) is 5.04. The van der Waals surface area contributed by atoms with Crippen molar-refractivity contribution in [1.82, 2.24) is 15.6 Å². The van der Waals surface area contributed by atoms with Crippen LogP contribution < -0.4 is 15.5 Å². The van der Waals surface area contributed by atoms with Gasteiger partial charge in [-0.1, -0.05) is 18.2 Å². The number of amides is 1. The number of nitrogens with zero attached hydrogens (tertiary/aromatic N) is 3. The molecule has 2 heterocycles. The molecule has 0 bridgehead atoms. The summed E-state index contributed by atoms with van der Waals surface area (Å²) < 4.78 is 5.08. The van der Waals surface area contributed by atoms with E-state index < -0.39 is 0 Å². The highest BCUT2D eigenvalue weighted by Crippen LogP contribution is 2.27. The molecule has 0 fully saturated rings. The average molecular weight is 571 g/mol. The maximum Gasteiger partial charge on any atom is 0.350 e. The van der Waals surface area contributed by atoms with Crippen molar-refractivity contribution in [1.29, 1.82) is 0 Å². The lowest BCUT2D eigenvalue weighted by atomic mass is 10.0. The number of nitrogens with one attached hydrogen (secondary N) is 2. The van der Waals surface area contributed by atoms with Crippen LogP contribution in [0.2, 0.25) is 0 Å². The van der Waals surface area contributed by atoms with E-state index in [1.54, 1.807) is 20.9 Å². The third-order valence-corrected chi connectivity index (χ3v) is 6.36. The van der Waals surface area contributed by atoms with Crippen LogP contribution in [-0.4, -0.2) is 49.6 Å². The molecular formula is C22H30IN5O3S. The zero-order chi connectivity index (χ0) is 22.4. The zero-order valence-corrected chi connectivity index (χ0v) is 22.0. The van der Waals surface area contributed by atoms with Crippen LogP contribution in [0.1, 0.15) is 52.2 Å². The number of carbonyl (C=O) groups is 2. The smallest absolute Gasteiger partial charge is 0.350 e. The Kier molecular flexibility index (Phi) is 9.88. The zero-order valence-electron chi connectivity index (χ0n) is 18.8. The van der Waals surface area contributed by atoms with Crippen LogP contribution in [0.5, 0.6) is 0 Å². The Labute approximate surface area is 209 Å². The second kappa shape index (κ2) is 12.1. The fourth-order valence-corrected chi connectivity index (χ4v) is 4.46. The molecule has 0 saturated heterocycles. The summed E-state index contributed by atoms with van der Waals surface area (Å²) in [5.74, 6) is 0.139. The van der Waals surface area contributed by atoms with Crippen LogP contribution in [0.4, 0.5) is 5.69 Å². The summed E-state index contributed by atoms with van der Waals surface area (Å²) in [6.45, 7) is 6.68. The number of para-hydroxylation sites is 1. The van der Waals surface area contributed by atoms with E-state index in [0.717, 1.165) is 30.1 Å². The van der Waals surface area contributed by atoms with Crippen molar-refractivity contribution in [2.75, 3.05) is 31.6 Å². The number of hydrogen-bond donors (Lipinski definition) is 2. The lowest BCUT2D eigenvalue weighted by Gasteiger charge is -2.29. The number of ether oxygens (including phenoxy) is 1. The van der Waals surface area contributed by atoms with E-state index in [1.165, 1.54) is 16.9 Å². The molecule has 3 rings (SSSR count). The first-order valence-corrected chi connectivity index (χ1v) is 11.3. The summed E-state index contributed by atoms with van der Waals surface area (Å²) in [6, 6.07) is 7.84. The first-order valence-electron chi connectivity index (χ1n) is 10.4. The minimum absolute atomic E-state index is 0. The molecule has 10 heteroatoms. The predicted octanol–water partition coefficient (Wildman–Crippen LogP) is 3.45. The maximum atomic E-state index is 12.8. The van der Waals surface area contributed by atoms with Crippen molar-refractivity contribution in [2.24, 2.45) is 4.99 Å². The topological polar surface area (TPSA) is 95.9 Å². The van der Waals surface area contributed by atoms with Crippen molar-refractivity contribution < 1.29 is 14.3 Å². The van der Waals surface area contributed by atoms with Crippen LogP contribution in [0.3, 0.4) is 0 Å². The Morgan fingerprint density at radius 1 is 1.34 bits per heavy atom. The van der Waals surface area contributed by atoms with Gasteiger partial charge >= 0.3 is 5.97 Å². The number of anilines is 1.